The number of allylic oxidation sites excluding steroid dienone is 1. The number of hydrogen-bond acceptors (Lipinski definition) is 8. The van der Waals surface area contributed by atoms with Crippen molar-refractivity contribution in [3.63, 3.8) is 0 Å². The fourth-order valence-electron chi connectivity index (χ4n) is 13.4. The van der Waals surface area contributed by atoms with Crippen LogP contribution in [0.1, 0.15) is 267 Å². The fourth-order valence-corrected chi connectivity index (χ4v) is 13.4. The van der Waals surface area contributed by atoms with E-state index in [1.165, 1.54) is 103 Å². The first-order valence-electron chi connectivity index (χ1n) is 34.4. The van der Waals surface area contributed by atoms with Gasteiger partial charge < -0.3 is 15.1 Å². The Labute approximate surface area is 520 Å². The van der Waals surface area contributed by atoms with Gasteiger partial charge in [-0.3, -0.25) is 14.4 Å². The van der Waals surface area contributed by atoms with Gasteiger partial charge in [-0.15, -0.1) is 0 Å². The minimum Gasteiger partial charge on any atom is -0.357 e. The second kappa shape index (κ2) is 35.7. The molecule has 1 aliphatic heterocycles. The molecule has 3 heterocycles. The lowest BCUT2D eigenvalue weighted by molar-refractivity contribution is 0.0955. The molecule has 1 aliphatic rings. The summed E-state index contributed by atoms with van der Waals surface area (Å²) < 4.78 is 0. The van der Waals surface area contributed by atoms with Gasteiger partial charge in [-0.1, -0.05) is 227 Å². The van der Waals surface area contributed by atoms with Crippen LogP contribution in [0.2, 0.25) is 0 Å². The molecule has 1 fully saturated rings. The summed E-state index contributed by atoms with van der Waals surface area (Å²) in [6.45, 7) is 35.1. The van der Waals surface area contributed by atoms with E-state index in [0.717, 1.165) is 166 Å². The van der Waals surface area contributed by atoms with Crippen LogP contribution in [0.25, 0.3) is 70.9 Å². The van der Waals surface area contributed by atoms with Crippen LogP contribution < -0.4 is 15.1 Å². The second-order valence-corrected chi connectivity index (χ2v) is 24.9. The van der Waals surface area contributed by atoms with E-state index >= 15 is 4.79 Å². The molecule has 8 heteroatoms. The van der Waals surface area contributed by atoms with Crippen molar-refractivity contribution in [1.29, 1.82) is 0 Å². The first-order chi connectivity index (χ1) is 41.8. The number of aromatic nitrogens is 2. The summed E-state index contributed by atoms with van der Waals surface area (Å²) in [6.07, 6.45) is 32.2. The maximum absolute atomic E-state index is 15.2. The van der Waals surface area contributed by atoms with Gasteiger partial charge in [-0.2, -0.15) is 0 Å². The first kappa shape index (κ1) is 69.1. The Kier molecular flexibility index (Phi) is 28.7. The quantitative estimate of drug-likeness (QED) is 0.0184. The number of nitrogens with one attached hydrogen (secondary N) is 1. The van der Waals surface area contributed by atoms with E-state index in [0.29, 0.717) is 28.5 Å². The van der Waals surface area contributed by atoms with Gasteiger partial charge in [0.2, 0.25) is 0 Å². The van der Waals surface area contributed by atoms with Crippen molar-refractivity contribution in [1.82, 2.24) is 15.3 Å². The number of fused-ring (bicyclic) bond motifs is 2. The number of carbonyl (C=O) groups is 3. The standard InChI is InChI=1S/C62H75N5O3.C14H30.C2H6/c1-9-13-15-17-19-43(20-18-16-14-10-2)35-54(70)47-24-26-49-59-52(44-21-27-55(64-38-44)66(31-11-3)32-12-4)36-50(40(5)6)57-46(41(7)68)23-25-48(61(57)59)60-53(37-51(42(8)69)58(47)62(49)60)45-22-28-56(65-39-45)67-33-29-63-30-34-67;1-4-6-8-10-12-14(3)13-11-9-7-5-2;1-2/h21-28,36-39,43,63H,5,9-20,29-35H2,1-4,6-8H3;14H,4-13H2,1-3H3;1-2H3. The highest BCUT2D eigenvalue weighted by atomic mass is 16.1. The molecule has 0 unspecified atom stereocenters. The Morgan fingerprint density at radius 1 is 0.523 bits per heavy atom. The van der Waals surface area contributed by atoms with Crippen LogP contribution in [0, 0.1) is 11.8 Å². The zero-order valence-electron chi connectivity index (χ0n) is 55.8. The third kappa shape index (κ3) is 17.6. The summed E-state index contributed by atoms with van der Waals surface area (Å²) in [5.74, 6) is 3.08. The predicted molar refractivity (Wildman–Crippen MR) is 375 cm³/mol. The maximum atomic E-state index is 15.2. The van der Waals surface area contributed by atoms with E-state index in [1.807, 2.05) is 51.4 Å². The van der Waals surface area contributed by atoms with Gasteiger partial charge in [-0.25, -0.2) is 9.97 Å². The van der Waals surface area contributed by atoms with Crippen LogP contribution in [0.4, 0.5) is 11.6 Å². The average Bonchev–Trinajstić information content (AvgIpc) is 0.702. The summed E-state index contributed by atoms with van der Waals surface area (Å²) in [6, 6.07) is 20.9. The summed E-state index contributed by atoms with van der Waals surface area (Å²) in [5.41, 5.74) is 7.19. The lowest BCUT2D eigenvalue weighted by Gasteiger charge is -2.28. The Bertz CT molecular complexity index is 3210. The first-order valence-corrected chi connectivity index (χ1v) is 34.4. The van der Waals surface area contributed by atoms with Gasteiger partial charge in [0.15, 0.2) is 17.3 Å². The van der Waals surface area contributed by atoms with Crippen molar-refractivity contribution in [2.45, 2.75) is 231 Å². The molecule has 7 aromatic rings. The van der Waals surface area contributed by atoms with Crippen LogP contribution in [0.15, 0.2) is 79.6 Å². The zero-order valence-corrected chi connectivity index (χ0v) is 55.8. The van der Waals surface area contributed by atoms with Crippen LogP contribution in [0.5, 0.6) is 0 Å². The summed E-state index contributed by atoms with van der Waals surface area (Å²) in [4.78, 5) is 58.2. The Hall–Kier alpha value is -5.99. The van der Waals surface area contributed by atoms with E-state index in [-0.39, 0.29) is 23.3 Å². The average molecular weight is 1170 g/mol. The lowest BCUT2D eigenvalue weighted by Crippen LogP contribution is -2.43. The van der Waals surface area contributed by atoms with Crippen LogP contribution in [0.3, 0.4) is 0 Å². The molecule has 0 atom stereocenters. The summed E-state index contributed by atoms with van der Waals surface area (Å²) in [7, 11) is 0. The zero-order chi connectivity index (χ0) is 62.1. The molecule has 8 nitrogen and oxygen atoms in total. The van der Waals surface area contributed by atoms with Crippen molar-refractivity contribution in [2.75, 3.05) is 49.1 Å². The second-order valence-electron chi connectivity index (χ2n) is 24.9. The van der Waals surface area contributed by atoms with Gasteiger partial charge in [0.25, 0.3) is 0 Å². The normalized spacial score (nSPS) is 12.6. The SMILES string of the molecule is C=C(C)c1cc(-c2ccc(N(CCC)CCC)nc2)c2c3ccc(C(=O)CC(CCCCCC)CCCCCC)c4c(C(C)=O)cc(-c5ccc(N6CCNCC6)nc5)c(c5ccc(C(C)=O)c1c52)c43.CC.CCCCCCC(C)CCCCCC. The molecule has 0 spiro atoms. The van der Waals surface area contributed by atoms with E-state index in [2.05, 4.69) is 113 Å². The number of unbranched alkanes of at least 4 members (excludes halogenated alkanes) is 12. The highest BCUT2D eigenvalue weighted by Crippen LogP contribution is 2.51. The van der Waals surface area contributed by atoms with Crippen LogP contribution in [-0.2, 0) is 0 Å². The molecule has 0 amide bonds. The molecular weight excluding hydrogens is 1050 g/mol. The van der Waals surface area contributed by atoms with E-state index < -0.39 is 0 Å². The number of hydrogen-bond donors (Lipinski definition) is 1. The predicted octanol–water partition coefficient (Wildman–Crippen LogP) is 22.1. The number of Topliss-reactive ketones (excluding diaryl/α,β-unsaturated/α-hetero) is 3. The minimum atomic E-state index is -0.0932. The number of carbonyl (C=O) groups excluding carboxylic acids is 3. The van der Waals surface area contributed by atoms with Crippen molar-refractivity contribution >= 4 is 77.6 Å². The minimum absolute atomic E-state index is 0.0265. The third-order valence-electron chi connectivity index (χ3n) is 18.0. The largest absolute Gasteiger partial charge is 0.357 e. The molecule has 0 bridgehead atoms. The lowest BCUT2D eigenvalue weighted by atomic mass is 9.78. The Morgan fingerprint density at radius 3 is 1.43 bits per heavy atom. The van der Waals surface area contributed by atoms with Gasteiger partial charge in [-0.05, 0) is 131 Å². The Balaban J connectivity index is 0.000000651. The van der Waals surface area contributed by atoms with E-state index in [1.54, 1.807) is 13.8 Å². The molecule has 466 valence electrons. The molecule has 0 aliphatic carbocycles. The molecule has 0 saturated carbocycles. The van der Waals surface area contributed by atoms with Gasteiger partial charge >= 0.3 is 0 Å². The number of pyridine rings is 2. The van der Waals surface area contributed by atoms with Crippen molar-refractivity contribution in [3.05, 3.63) is 102 Å². The van der Waals surface area contributed by atoms with Crippen molar-refractivity contribution in [2.24, 2.45) is 11.8 Å². The number of nitrogens with zero attached hydrogens (tertiary/aromatic N) is 4. The van der Waals surface area contributed by atoms with E-state index in [4.69, 9.17) is 9.97 Å². The van der Waals surface area contributed by atoms with Crippen molar-refractivity contribution in [3.8, 4) is 22.3 Å². The van der Waals surface area contributed by atoms with E-state index in [9.17, 15) is 9.59 Å². The number of benzene rings is 5. The van der Waals surface area contributed by atoms with Gasteiger partial charge in [0, 0.05) is 96.7 Å². The van der Waals surface area contributed by atoms with Crippen LogP contribution >= 0.6 is 0 Å². The number of ketones is 3. The maximum Gasteiger partial charge on any atom is 0.163 e. The highest BCUT2D eigenvalue weighted by Gasteiger charge is 2.29. The molecule has 2 aromatic heterocycles. The molecule has 1 N–H and O–H groups in total. The number of anilines is 2. The smallest absolute Gasteiger partial charge is 0.163 e. The number of piperazine rings is 1. The molecule has 5 aromatic carbocycles. The van der Waals surface area contributed by atoms with Crippen LogP contribution in [-0.4, -0.2) is 66.6 Å². The highest BCUT2D eigenvalue weighted by molar-refractivity contribution is 6.42. The third-order valence-corrected chi connectivity index (χ3v) is 18.0. The molecule has 1 saturated heterocycles. The van der Waals surface area contributed by atoms with Crippen molar-refractivity contribution < 1.29 is 14.4 Å². The molecular formula is C78H111N5O3. The topological polar surface area (TPSA) is 95.5 Å². The molecule has 86 heavy (non-hydrogen) atoms. The Morgan fingerprint density at radius 2 is 0.988 bits per heavy atom. The summed E-state index contributed by atoms with van der Waals surface area (Å²) >= 11 is 0. The van der Waals surface area contributed by atoms with Gasteiger partial charge in [0.05, 0.1) is 0 Å². The molecule has 8 rings (SSSR count). The molecule has 0 radical (unpaired) electrons. The monoisotopic (exact) mass is 1170 g/mol. The fraction of sp³-hybridized carbons (Fsp3) is 0.551. The van der Waals surface area contributed by atoms with Gasteiger partial charge in [0.1, 0.15) is 11.6 Å². The number of rotatable bonds is 34. The summed E-state index contributed by atoms with van der Waals surface area (Å²) in [5, 5.41) is 10.6.